The van der Waals surface area contributed by atoms with Crippen LogP contribution in [0.1, 0.15) is 19.8 Å². The molecule has 0 radical (unpaired) electrons. The quantitative estimate of drug-likeness (QED) is 0.898. The second-order valence-electron chi connectivity index (χ2n) is 5.36. The van der Waals surface area contributed by atoms with Crippen LogP contribution >= 0.6 is 0 Å². The summed E-state index contributed by atoms with van der Waals surface area (Å²) in [6, 6.07) is 5.32. The third-order valence-electron chi connectivity index (χ3n) is 3.88. The van der Waals surface area contributed by atoms with Crippen molar-refractivity contribution in [1.29, 1.82) is 0 Å². The van der Waals surface area contributed by atoms with E-state index in [0.717, 1.165) is 19.4 Å². The summed E-state index contributed by atoms with van der Waals surface area (Å²) in [5, 5.41) is 2.89. The van der Waals surface area contributed by atoms with Crippen LogP contribution in [0.15, 0.2) is 18.2 Å². The first-order chi connectivity index (χ1) is 10.1. The Morgan fingerprint density at radius 2 is 2.10 bits per heavy atom. The highest BCUT2D eigenvalue weighted by molar-refractivity contribution is 5.93. The fourth-order valence-corrected chi connectivity index (χ4v) is 2.70. The van der Waals surface area contributed by atoms with Crippen molar-refractivity contribution in [3.05, 3.63) is 18.2 Å². The largest absolute Gasteiger partial charge is 0.454 e. The highest BCUT2D eigenvalue weighted by atomic mass is 16.7. The van der Waals surface area contributed by atoms with E-state index in [1.165, 1.54) is 6.92 Å². The summed E-state index contributed by atoms with van der Waals surface area (Å²) in [4.78, 5) is 25.5. The number of carbonyl (C=O) groups excluding carboxylic acids is 2. The van der Waals surface area contributed by atoms with Crippen LogP contribution < -0.4 is 14.8 Å². The van der Waals surface area contributed by atoms with E-state index < -0.39 is 0 Å². The number of hydrogen-bond acceptors (Lipinski definition) is 4. The van der Waals surface area contributed by atoms with E-state index in [-0.39, 0.29) is 24.5 Å². The normalized spacial score (nSPS) is 20.2. The Kier molecular flexibility index (Phi) is 3.68. The van der Waals surface area contributed by atoms with Crippen LogP contribution in [0.5, 0.6) is 11.5 Å². The molecule has 0 spiro atoms. The molecule has 1 atom stereocenters. The molecule has 2 aliphatic rings. The molecule has 6 heteroatoms. The van der Waals surface area contributed by atoms with Crippen LogP contribution in [-0.4, -0.2) is 36.6 Å². The number of ether oxygens (including phenoxy) is 2. The zero-order valence-electron chi connectivity index (χ0n) is 11.9. The van der Waals surface area contributed by atoms with Crippen LogP contribution in [0.4, 0.5) is 5.69 Å². The summed E-state index contributed by atoms with van der Waals surface area (Å²) in [7, 11) is 0. The van der Waals surface area contributed by atoms with Crippen molar-refractivity contribution < 1.29 is 19.1 Å². The molecule has 0 bridgehead atoms. The molecule has 1 aromatic rings. The van der Waals surface area contributed by atoms with E-state index in [1.54, 1.807) is 23.1 Å². The first kappa shape index (κ1) is 13.7. The lowest BCUT2D eigenvalue weighted by Gasteiger charge is -2.31. The van der Waals surface area contributed by atoms with Crippen molar-refractivity contribution in [3.63, 3.8) is 0 Å². The van der Waals surface area contributed by atoms with E-state index in [1.807, 2.05) is 0 Å². The first-order valence-electron chi connectivity index (χ1n) is 7.09. The standard InChI is InChI=1S/C15H18N2O4/c1-10(18)17-6-2-3-11(8-17)15(19)16-12-4-5-13-14(7-12)21-9-20-13/h4-5,7,11H,2-3,6,8-9H2,1H3,(H,16,19). The highest BCUT2D eigenvalue weighted by Crippen LogP contribution is 2.34. The molecular formula is C15H18N2O4. The summed E-state index contributed by atoms with van der Waals surface area (Å²) in [5.74, 6) is 1.14. The molecule has 6 nitrogen and oxygen atoms in total. The number of amides is 2. The summed E-state index contributed by atoms with van der Waals surface area (Å²) >= 11 is 0. The Morgan fingerprint density at radius 3 is 2.90 bits per heavy atom. The van der Waals surface area contributed by atoms with Gasteiger partial charge in [-0.3, -0.25) is 9.59 Å². The topological polar surface area (TPSA) is 67.9 Å². The Bertz CT molecular complexity index is 573. The number of likely N-dealkylation sites (tertiary alicyclic amines) is 1. The lowest BCUT2D eigenvalue weighted by molar-refractivity contribution is -0.132. The number of carbonyl (C=O) groups is 2. The van der Waals surface area contributed by atoms with E-state index >= 15 is 0 Å². The van der Waals surface area contributed by atoms with E-state index in [9.17, 15) is 9.59 Å². The molecule has 2 heterocycles. The van der Waals surface area contributed by atoms with Gasteiger partial charge in [0.1, 0.15) is 0 Å². The molecule has 21 heavy (non-hydrogen) atoms. The first-order valence-corrected chi connectivity index (χ1v) is 7.09. The molecule has 0 aliphatic carbocycles. The van der Waals surface area contributed by atoms with Crippen molar-refractivity contribution in [1.82, 2.24) is 4.90 Å². The Balaban J connectivity index is 1.64. The SMILES string of the molecule is CC(=O)N1CCCC(C(=O)Nc2ccc3c(c2)OCO3)C1. The lowest BCUT2D eigenvalue weighted by atomic mass is 9.97. The van der Waals surface area contributed by atoms with Crippen molar-refractivity contribution >= 4 is 17.5 Å². The van der Waals surface area contributed by atoms with Crippen molar-refractivity contribution in [2.45, 2.75) is 19.8 Å². The second kappa shape index (κ2) is 5.63. The van der Waals surface area contributed by atoms with Crippen LogP contribution in [0.25, 0.3) is 0 Å². The maximum absolute atomic E-state index is 12.3. The number of nitrogens with zero attached hydrogens (tertiary/aromatic N) is 1. The molecule has 0 saturated carbocycles. The molecule has 1 aromatic carbocycles. The molecule has 112 valence electrons. The van der Waals surface area contributed by atoms with Gasteiger partial charge < -0.3 is 19.7 Å². The van der Waals surface area contributed by atoms with E-state index in [0.29, 0.717) is 23.7 Å². The van der Waals surface area contributed by atoms with Gasteiger partial charge in [0.25, 0.3) is 0 Å². The zero-order valence-corrected chi connectivity index (χ0v) is 11.9. The van der Waals surface area contributed by atoms with Gasteiger partial charge in [-0.2, -0.15) is 0 Å². The van der Waals surface area contributed by atoms with E-state index in [4.69, 9.17) is 9.47 Å². The fraction of sp³-hybridized carbons (Fsp3) is 0.467. The summed E-state index contributed by atoms with van der Waals surface area (Å²) in [5.41, 5.74) is 0.684. The van der Waals surface area contributed by atoms with Gasteiger partial charge in [0.2, 0.25) is 18.6 Å². The number of piperidine rings is 1. The van der Waals surface area contributed by atoms with Gasteiger partial charge in [0.05, 0.1) is 5.92 Å². The molecule has 0 aromatic heterocycles. The van der Waals surface area contributed by atoms with Gasteiger partial charge >= 0.3 is 0 Å². The molecule has 1 N–H and O–H groups in total. The number of nitrogens with one attached hydrogen (secondary N) is 1. The number of rotatable bonds is 2. The minimum absolute atomic E-state index is 0.0237. The maximum Gasteiger partial charge on any atom is 0.231 e. The second-order valence-corrected chi connectivity index (χ2v) is 5.36. The average Bonchev–Trinajstić information content (AvgIpc) is 2.95. The number of anilines is 1. The summed E-state index contributed by atoms with van der Waals surface area (Å²) in [6.07, 6.45) is 1.67. The molecule has 1 fully saturated rings. The van der Waals surface area contributed by atoms with Gasteiger partial charge in [-0.05, 0) is 25.0 Å². The molecule has 1 unspecified atom stereocenters. The van der Waals surface area contributed by atoms with Gasteiger partial charge in [-0.15, -0.1) is 0 Å². The molecule has 2 amide bonds. The summed E-state index contributed by atoms with van der Waals surface area (Å²) < 4.78 is 10.5. The Morgan fingerprint density at radius 1 is 1.29 bits per heavy atom. The highest BCUT2D eigenvalue weighted by Gasteiger charge is 2.27. The van der Waals surface area contributed by atoms with Crippen molar-refractivity contribution in [3.8, 4) is 11.5 Å². The van der Waals surface area contributed by atoms with Crippen LogP contribution in [0.3, 0.4) is 0 Å². The molecule has 3 rings (SSSR count). The van der Waals surface area contributed by atoms with Crippen LogP contribution in [-0.2, 0) is 9.59 Å². The predicted molar refractivity (Wildman–Crippen MR) is 76.2 cm³/mol. The van der Waals surface area contributed by atoms with E-state index in [2.05, 4.69) is 5.32 Å². The average molecular weight is 290 g/mol. The molecule has 2 aliphatic heterocycles. The third kappa shape index (κ3) is 2.94. The fourth-order valence-electron chi connectivity index (χ4n) is 2.70. The minimum atomic E-state index is -0.159. The summed E-state index contributed by atoms with van der Waals surface area (Å²) in [6.45, 7) is 2.98. The monoisotopic (exact) mass is 290 g/mol. The smallest absolute Gasteiger partial charge is 0.231 e. The number of benzene rings is 1. The zero-order chi connectivity index (χ0) is 14.8. The van der Waals surface area contributed by atoms with Crippen molar-refractivity contribution in [2.75, 3.05) is 25.2 Å². The maximum atomic E-state index is 12.3. The number of hydrogen-bond donors (Lipinski definition) is 1. The lowest BCUT2D eigenvalue weighted by Crippen LogP contribution is -2.42. The van der Waals surface area contributed by atoms with Gasteiger partial charge in [0, 0.05) is 31.8 Å². The Labute approximate surface area is 123 Å². The third-order valence-corrected chi connectivity index (χ3v) is 3.88. The number of fused-ring (bicyclic) bond motifs is 1. The van der Waals surface area contributed by atoms with Gasteiger partial charge in [-0.25, -0.2) is 0 Å². The molecular weight excluding hydrogens is 272 g/mol. The predicted octanol–water partition coefficient (Wildman–Crippen LogP) is 1.61. The van der Waals surface area contributed by atoms with Gasteiger partial charge in [-0.1, -0.05) is 0 Å². The van der Waals surface area contributed by atoms with Crippen LogP contribution in [0.2, 0.25) is 0 Å². The van der Waals surface area contributed by atoms with Gasteiger partial charge in [0.15, 0.2) is 11.5 Å². The van der Waals surface area contributed by atoms with Crippen molar-refractivity contribution in [2.24, 2.45) is 5.92 Å². The minimum Gasteiger partial charge on any atom is -0.454 e. The Hall–Kier alpha value is -2.24. The van der Waals surface area contributed by atoms with Crippen LogP contribution in [0, 0.1) is 5.92 Å². The molecule has 1 saturated heterocycles.